The van der Waals surface area contributed by atoms with Crippen molar-refractivity contribution in [1.29, 1.82) is 0 Å². The number of likely N-dealkylation sites (N-methyl/N-ethyl adjacent to an activating group) is 1. The van der Waals surface area contributed by atoms with Gasteiger partial charge in [-0.05, 0) is 32.4 Å². The maximum atomic E-state index is 5.51. The molecule has 1 rings (SSSR count). The lowest BCUT2D eigenvalue weighted by molar-refractivity contribution is 0.284. The highest BCUT2D eigenvalue weighted by Gasteiger charge is 2.02. The van der Waals surface area contributed by atoms with Crippen molar-refractivity contribution < 1.29 is 0 Å². The van der Waals surface area contributed by atoms with Crippen molar-refractivity contribution in [2.75, 3.05) is 31.2 Å². The average molecular weight is 214 g/mol. The number of hydrogen-bond acceptors (Lipinski definition) is 5. The van der Waals surface area contributed by atoms with Crippen molar-refractivity contribution in [3.8, 4) is 0 Å². The van der Waals surface area contributed by atoms with E-state index in [0.29, 0.717) is 11.9 Å². The normalized spacial score (nSPS) is 11.2. The van der Waals surface area contributed by atoms with Crippen LogP contribution in [0.4, 0.5) is 10.8 Å². The van der Waals surface area contributed by atoms with Crippen LogP contribution in [0.3, 0.4) is 0 Å². The van der Waals surface area contributed by atoms with E-state index in [9.17, 15) is 0 Å². The second-order valence-electron chi connectivity index (χ2n) is 3.62. The van der Waals surface area contributed by atoms with Gasteiger partial charge in [-0.1, -0.05) is 0 Å². The summed E-state index contributed by atoms with van der Waals surface area (Å²) in [5, 5.41) is 4.33. The molecule has 14 heavy (non-hydrogen) atoms. The lowest BCUT2D eigenvalue weighted by atomic mass is 10.3. The minimum atomic E-state index is 0.586. The molecule has 0 amide bonds. The molecular formula is C9H18N4S. The van der Waals surface area contributed by atoms with E-state index in [-0.39, 0.29) is 0 Å². The summed E-state index contributed by atoms with van der Waals surface area (Å²) in [7, 11) is 2.12. The molecule has 0 unspecified atom stereocenters. The van der Waals surface area contributed by atoms with Gasteiger partial charge in [-0.15, -0.1) is 0 Å². The van der Waals surface area contributed by atoms with Crippen LogP contribution in [0, 0.1) is 0 Å². The summed E-state index contributed by atoms with van der Waals surface area (Å²) in [5.41, 5.74) is 5.51. The van der Waals surface area contributed by atoms with Gasteiger partial charge in [0.25, 0.3) is 0 Å². The van der Waals surface area contributed by atoms with Gasteiger partial charge in [0.1, 0.15) is 10.8 Å². The Kier molecular flexibility index (Phi) is 4.16. The third kappa shape index (κ3) is 3.51. The van der Waals surface area contributed by atoms with Gasteiger partial charge in [0.15, 0.2) is 0 Å². The molecule has 0 spiro atoms. The molecule has 5 heteroatoms. The summed E-state index contributed by atoms with van der Waals surface area (Å²) in [6.45, 7) is 6.32. The summed E-state index contributed by atoms with van der Waals surface area (Å²) >= 11 is 1.40. The topological polar surface area (TPSA) is 54.2 Å². The Morgan fingerprint density at radius 1 is 1.64 bits per heavy atom. The van der Waals surface area contributed by atoms with Gasteiger partial charge in [0, 0.05) is 25.2 Å². The summed E-state index contributed by atoms with van der Waals surface area (Å²) < 4.78 is 3.99. The number of hydrogen-bond donors (Lipinski definition) is 2. The molecule has 0 fully saturated rings. The number of nitrogens with one attached hydrogen (secondary N) is 1. The van der Waals surface area contributed by atoms with Gasteiger partial charge in [0.05, 0.1) is 0 Å². The average Bonchev–Trinajstić information content (AvgIpc) is 2.51. The zero-order valence-electron chi connectivity index (χ0n) is 8.95. The Morgan fingerprint density at radius 3 is 2.86 bits per heavy atom. The van der Waals surface area contributed by atoms with Crippen molar-refractivity contribution in [3.05, 3.63) is 6.07 Å². The van der Waals surface area contributed by atoms with Gasteiger partial charge in [-0.3, -0.25) is 0 Å². The molecule has 4 nitrogen and oxygen atoms in total. The van der Waals surface area contributed by atoms with Crippen LogP contribution in [-0.2, 0) is 0 Å². The second-order valence-corrected chi connectivity index (χ2v) is 4.42. The standard InChI is InChI=1S/C9H18N4S/c1-7(2)13(3)5-4-11-9-6-8(10)12-14-9/h6-7,11H,4-5H2,1-3H3,(H2,10,12). The molecule has 0 bridgehead atoms. The molecule has 1 aromatic heterocycles. The lowest BCUT2D eigenvalue weighted by Gasteiger charge is -2.20. The molecule has 1 aromatic rings. The van der Waals surface area contributed by atoms with Gasteiger partial charge in [-0.2, -0.15) is 4.37 Å². The smallest absolute Gasteiger partial charge is 0.139 e. The van der Waals surface area contributed by atoms with Crippen LogP contribution in [0.2, 0.25) is 0 Å². The van der Waals surface area contributed by atoms with E-state index < -0.39 is 0 Å². The fraction of sp³-hybridized carbons (Fsp3) is 0.667. The Morgan fingerprint density at radius 2 is 2.36 bits per heavy atom. The summed E-state index contributed by atoms with van der Waals surface area (Å²) in [6, 6.07) is 2.45. The number of nitrogen functional groups attached to an aromatic ring is 1. The van der Waals surface area contributed by atoms with Crippen LogP contribution < -0.4 is 11.1 Å². The first kappa shape index (κ1) is 11.3. The van der Waals surface area contributed by atoms with Crippen molar-refractivity contribution in [3.63, 3.8) is 0 Å². The van der Waals surface area contributed by atoms with Gasteiger partial charge in [-0.25, -0.2) is 0 Å². The van der Waals surface area contributed by atoms with E-state index in [1.807, 2.05) is 6.07 Å². The molecule has 0 aromatic carbocycles. The van der Waals surface area contributed by atoms with Crippen molar-refractivity contribution in [1.82, 2.24) is 9.27 Å². The molecule has 0 saturated heterocycles. The molecule has 0 atom stereocenters. The van der Waals surface area contributed by atoms with Crippen LogP contribution in [0.25, 0.3) is 0 Å². The Labute approximate surface area is 89.3 Å². The van der Waals surface area contributed by atoms with Crippen LogP contribution in [0.15, 0.2) is 6.07 Å². The molecule has 0 aliphatic heterocycles. The molecule has 80 valence electrons. The fourth-order valence-electron chi connectivity index (χ4n) is 0.986. The highest BCUT2D eigenvalue weighted by Crippen LogP contribution is 2.16. The van der Waals surface area contributed by atoms with Crippen LogP contribution >= 0.6 is 11.5 Å². The number of rotatable bonds is 5. The highest BCUT2D eigenvalue weighted by molar-refractivity contribution is 7.10. The number of anilines is 2. The summed E-state index contributed by atoms with van der Waals surface area (Å²) in [4.78, 5) is 2.29. The number of nitrogens with zero attached hydrogens (tertiary/aromatic N) is 2. The monoisotopic (exact) mass is 214 g/mol. The maximum absolute atomic E-state index is 5.51. The molecule has 3 N–H and O–H groups in total. The highest BCUT2D eigenvalue weighted by atomic mass is 32.1. The van der Waals surface area contributed by atoms with Crippen molar-refractivity contribution in [2.24, 2.45) is 0 Å². The molecule has 0 aliphatic carbocycles. The van der Waals surface area contributed by atoms with E-state index >= 15 is 0 Å². The minimum absolute atomic E-state index is 0.586. The number of nitrogens with two attached hydrogens (primary N) is 1. The SMILES string of the molecule is CC(C)N(C)CCNc1cc(N)ns1. The zero-order chi connectivity index (χ0) is 10.6. The molecule has 1 heterocycles. The van der Waals surface area contributed by atoms with E-state index in [2.05, 4.69) is 35.5 Å². The van der Waals surface area contributed by atoms with E-state index in [4.69, 9.17) is 5.73 Å². The van der Waals surface area contributed by atoms with Crippen LogP contribution in [0.1, 0.15) is 13.8 Å². The fourth-order valence-corrected chi connectivity index (χ4v) is 1.58. The van der Waals surface area contributed by atoms with E-state index in [0.717, 1.165) is 18.1 Å². The minimum Gasteiger partial charge on any atom is -0.383 e. The molecule has 0 aliphatic rings. The van der Waals surface area contributed by atoms with Crippen LogP contribution in [0.5, 0.6) is 0 Å². The quantitative estimate of drug-likeness (QED) is 0.779. The summed E-state index contributed by atoms with van der Waals surface area (Å²) in [5.74, 6) is 0.592. The first-order valence-corrected chi connectivity index (χ1v) is 5.53. The summed E-state index contributed by atoms with van der Waals surface area (Å²) in [6.07, 6.45) is 0. The van der Waals surface area contributed by atoms with E-state index in [1.165, 1.54) is 11.5 Å². The Balaban J connectivity index is 2.22. The molecule has 0 saturated carbocycles. The third-order valence-electron chi connectivity index (χ3n) is 2.17. The van der Waals surface area contributed by atoms with Gasteiger partial charge in [0.2, 0.25) is 0 Å². The predicted octanol–water partition coefficient (Wildman–Crippen LogP) is 1.48. The lowest BCUT2D eigenvalue weighted by Crippen LogP contribution is -2.30. The van der Waals surface area contributed by atoms with Gasteiger partial charge < -0.3 is 16.0 Å². The maximum Gasteiger partial charge on any atom is 0.139 e. The molecule has 0 radical (unpaired) electrons. The van der Waals surface area contributed by atoms with Crippen molar-refractivity contribution in [2.45, 2.75) is 19.9 Å². The van der Waals surface area contributed by atoms with Crippen molar-refractivity contribution >= 4 is 22.4 Å². The zero-order valence-corrected chi connectivity index (χ0v) is 9.77. The Bertz CT molecular complexity index is 272. The predicted molar refractivity (Wildman–Crippen MR) is 62.8 cm³/mol. The first-order chi connectivity index (χ1) is 6.59. The largest absolute Gasteiger partial charge is 0.383 e. The number of aromatic nitrogens is 1. The van der Waals surface area contributed by atoms with Gasteiger partial charge >= 0.3 is 0 Å². The first-order valence-electron chi connectivity index (χ1n) is 4.76. The second kappa shape index (κ2) is 5.17. The van der Waals surface area contributed by atoms with Crippen LogP contribution in [-0.4, -0.2) is 35.5 Å². The Hall–Kier alpha value is -0.810. The molecular weight excluding hydrogens is 196 g/mol. The van der Waals surface area contributed by atoms with E-state index in [1.54, 1.807) is 0 Å². The third-order valence-corrected chi connectivity index (χ3v) is 2.93.